The van der Waals surface area contributed by atoms with Crippen LogP contribution in [0.1, 0.15) is 18.5 Å². The molecule has 0 spiro atoms. The molecule has 9 heteroatoms. The second kappa shape index (κ2) is 8.88. The lowest BCUT2D eigenvalue weighted by atomic mass is 9.89. The van der Waals surface area contributed by atoms with E-state index in [0.717, 1.165) is 5.52 Å². The molecule has 0 radical (unpaired) electrons. The highest BCUT2D eigenvalue weighted by molar-refractivity contribution is 6.08. The van der Waals surface area contributed by atoms with Gasteiger partial charge in [0.25, 0.3) is 0 Å². The molecule has 9 nitrogen and oxygen atoms in total. The lowest BCUT2D eigenvalue weighted by Gasteiger charge is -2.37. The van der Waals surface area contributed by atoms with Crippen molar-refractivity contribution in [3.05, 3.63) is 48.0 Å². The van der Waals surface area contributed by atoms with Gasteiger partial charge in [-0.1, -0.05) is 18.2 Å². The third kappa shape index (κ3) is 3.54. The number of fused-ring (bicyclic) bond motifs is 3. The molecular weight excluding hydrogens is 414 g/mol. The first kappa shape index (κ1) is 21.6. The molecule has 3 aromatic rings. The summed E-state index contributed by atoms with van der Waals surface area (Å²) in [7, 11) is 3.00. The average Bonchev–Trinajstić information content (AvgIpc) is 3.17. The molecule has 2 atom stereocenters. The molecule has 1 amide bonds. The van der Waals surface area contributed by atoms with Crippen molar-refractivity contribution in [3.63, 3.8) is 0 Å². The van der Waals surface area contributed by atoms with Gasteiger partial charge in [0.15, 0.2) is 17.4 Å². The number of benzene rings is 2. The number of amides is 1. The zero-order valence-corrected chi connectivity index (χ0v) is 18.1. The molecule has 2 unspecified atom stereocenters. The van der Waals surface area contributed by atoms with Gasteiger partial charge >= 0.3 is 5.97 Å². The Balaban J connectivity index is 1.98. The number of nitrogens with zero attached hydrogens (tertiary/aromatic N) is 3. The molecule has 32 heavy (non-hydrogen) atoms. The molecule has 1 aromatic heterocycles. The van der Waals surface area contributed by atoms with Crippen LogP contribution in [0.2, 0.25) is 0 Å². The Kier molecular flexibility index (Phi) is 6.00. The van der Waals surface area contributed by atoms with Crippen LogP contribution in [0.5, 0.6) is 11.5 Å². The largest absolute Gasteiger partial charge is 0.504 e. The molecule has 0 bridgehead atoms. The van der Waals surface area contributed by atoms with Crippen molar-refractivity contribution in [1.29, 1.82) is 0 Å². The number of carbonyl (C=O) groups excluding carboxylic acids is 2. The molecule has 1 aliphatic heterocycles. The molecule has 168 valence electrons. The van der Waals surface area contributed by atoms with E-state index >= 15 is 0 Å². The minimum absolute atomic E-state index is 0.0900. The quantitative estimate of drug-likeness (QED) is 0.446. The lowest BCUT2D eigenvalue weighted by molar-refractivity contribution is -0.153. The molecule has 1 N–H and O–H groups in total. The van der Waals surface area contributed by atoms with E-state index in [1.54, 1.807) is 26.2 Å². The third-order valence-electron chi connectivity index (χ3n) is 5.55. The zero-order valence-electron chi connectivity index (χ0n) is 18.1. The van der Waals surface area contributed by atoms with E-state index in [2.05, 4.69) is 4.98 Å². The van der Waals surface area contributed by atoms with Gasteiger partial charge in [0, 0.05) is 7.11 Å². The maximum atomic E-state index is 13.6. The van der Waals surface area contributed by atoms with Crippen molar-refractivity contribution in [2.75, 3.05) is 38.9 Å². The number of esters is 1. The first-order valence-electron chi connectivity index (χ1n) is 10.3. The second-order valence-electron chi connectivity index (χ2n) is 7.36. The molecular formula is C23H25N3O6. The first-order chi connectivity index (χ1) is 15.5. The normalized spacial score (nSPS) is 18.0. The van der Waals surface area contributed by atoms with Crippen LogP contribution in [0.3, 0.4) is 0 Å². The van der Waals surface area contributed by atoms with E-state index in [-0.39, 0.29) is 25.5 Å². The number of aromatic nitrogens is 2. The summed E-state index contributed by atoms with van der Waals surface area (Å²) in [5.41, 5.74) is 2.00. The van der Waals surface area contributed by atoms with Crippen molar-refractivity contribution in [2.24, 2.45) is 5.92 Å². The number of ether oxygens (including phenoxy) is 3. The number of hydrogen-bond donors (Lipinski definition) is 1. The van der Waals surface area contributed by atoms with Crippen LogP contribution in [-0.2, 0) is 19.1 Å². The molecule has 1 aliphatic rings. The highest BCUT2D eigenvalue weighted by Crippen LogP contribution is 2.42. The Morgan fingerprint density at radius 1 is 1.19 bits per heavy atom. The van der Waals surface area contributed by atoms with Gasteiger partial charge in [-0.05, 0) is 36.8 Å². The summed E-state index contributed by atoms with van der Waals surface area (Å²) in [6.07, 6.45) is 0. The van der Waals surface area contributed by atoms with Crippen LogP contribution in [-0.4, -0.2) is 60.5 Å². The fraction of sp³-hybridized carbons (Fsp3) is 0.348. The Morgan fingerprint density at radius 2 is 1.97 bits per heavy atom. The lowest BCUT2D eigenvalue weighted by Crippen LogP contribution is -2.51. The zero-order chi connectivity index (χ0) is 22.8. The number of methoxy groups -OCH3 is 2. The number of imidazole rings is 1. The van der Waals surface area contributed by atoms with Crippen LogP contribution in [0.4, 0.5) is 5.95 Å². The second-order valence-corrected chi connectivity index (χ2v) is 7.36. The molecule has 0 saturated heterocycles. The number of rotatable bonds is 7. The first-order valence-corrected chi connectivity index (χ1v) is 10.3. The van der Waals surface area contributed by atoms with Crippen molar-refractivity contribution in [2.45, 2.75) is 13.0 Å². The number of aromatic hydroxyl groups is 1. The number of phenols is 1. The molecule has 4 rings (SSSR count). The molecule has 2 aromatic carbocycles. The van der Waals surface area contributed by atoms with Crippen LogP contribution < -0.4 is 9.64 Å². The van der Waals surface area contributed by atoms with Crippen molar-refractivity contribution < 1.29 is 28.9 Å². The van der Waals surface area contributed by atoms with Gasteiger partial charge in [-0.15, -0.1) is 0 Å². The molecule has 0 saturated carbocycles. The van der Waals surface area contributed by atoms with Crippen molar-refractivity contribution >= 4 is 28.9 Å². The Hall–Kier alpha value is -3.59. The highest BCUT2D eigenvalue weighted by atomic mass is 16.5. The summed E-state index contributed by atoms with van der Waals surface area (Å²) < 4.78 is 17.5. The van der Waals surface area contributed by atoms with Gasteiger partial charge in [-0.25, -0.2) is 4.98 Å². The summed E-state index contributed by atoms with van der Waals surface area (Å²) >= 11 is 0. The predicted octanol–water partition coefficient (Wildman–Crippen LogP) is 2.51. The van der Waals surface area contributed by atoms with Crippen molar-refractivity contribution in [3.8, 4) is 11.5 Å². The van der Waals surface area contributed by atoms with Gasteiger partial charge in [0.2, 0.25) is 11.9 Å². The van der Waals surface area contributed by atoms with Crippen LogP contribution in [0.25, 0.3) is 11.0 Å². The summed E-state index contributed by atoms with van der Waals surface area (Å²) in [5, 5.41) is 10.4. The fourth-order valence-corrected chi connectivity index (χ4v) is 4.13. The van der Waals surface area contributed by atoms with Crippen LogP contribution in [0.15, 0.2) is 42.5 Å². The van der Waals surface area contributed by atoms with E-state index < -0.39 is 23.8 Å². The number of para-hydroxylation sites is 2. The number of carbonyl (C=O) groups is 2. The SMILES string of the molecule is CCOC(=O)C1C(=O)N(CCOC)c2nc3ccccc3n2C1c1ccc(OC)c(O)c1. The van der Waals surface area contributed by atoms with E-state index in [1.165, 1.54) is 18.1 Å². The van der Waals surface area contributed by atoms with Gasteiger partial charge in [-0.2, -0.15) is 0 Å². The van der Waals surface area contributed by atoms with Gasteiger partial charge in [-0.3, -0.25) is 14.5 Å². The Labute approximate surface area is 185 Å². The van der Waals surface area contributed by atoms with Gasteiger partial charge < -0.3 is 23.9 Å². The van der Waals surface area contributed by atoms with E-state index in [4.69, 9.17) is 14.2 Å². The monoisotopic (exact) mass is 439 g/mol. The Morgan fingerprint density at radius 3 is 2.66 bits per heavy atom. The maximum Gasteiger partial charge on any atom is 0.321 e. The smallest absolute Gasteiger partial charge is 0.321 e. The number of anilines is 1. The highest BCUT2D eigenvalue weighted by Gasteiger charge is 2.47. The van der Waals surface area contributed by atoms with Gasteiger partial charge in [0.05, 0.1) is 43.9 Å². The predicted molar refractivity (Wildman–Crippen MR) is 117 cm³/mol. The summed E-state index contributed by atoms with van der Waals surface area (Å²) in [6, 6.07) is 11.5. The minimum atomic E-state index is -1.16. The van der Waals surface area contributed by atoms with Crippen LogP contribution >= 0.6 is 0 Å². The molecule has 0 aliphatic carbocycles. The number of phenolic OH excluding ortho intramolecular Hbond substituents is 1. The third-order valence-corrected chi connectivity index (χ3v) is 5.55. The van der Waals surface area contributed by atoms with Gasteiger partial charge in [0.1, 0.15) is 0 Å². The Bertz CT molecular complexity index is 1160. The summed E-state index contributed by atoms with van der Waals surface area (Å²) in [4.78, 5) is 32.8. The topological polar surface area (TPSA) is 103 Å². The van der Waals surface area contributed by atoms with E-state index in [0.29, 0.717) is 22.8 Å². The molecule has 0 fully saturated rings. The van der Waals surface area contributed by atoms with Crippen molar-refractivity contribution in [1.82, 2.24) is 9.55 Å². The van der Waals surface area contributed by atoms with E-state index in [9.17, 15) is 14.7 Å². The summed E-state index contributed by atoms with van der Waals surface area (Å²) in [6.45, 7) is 2.34. The molecule has 2 heterocycles. The average molecular weight is 439 g/mol. The standard InChI is InChI=1S/C23H25N3O6/c1-4-32-22(29)19-20(14-9-10-18(31-3)17(27)13-14)26-16-8-6-5-7-15(16)24-23(26)25(21(19)28)11-12-30-2/h5-10,13,19-20,27H,4,11-12H2,1-3H3. The summed E-state index contributed by atoms with van der Waals surface area (Å²) in [5.74, 6) is -1.61. The van der Waals surface area contributed by atoms with E-state index in [1.807, 2.05) is 28.8 Å². The fourth-order valence-electron chi connectivity index (χ4n) is 4.13. The van der Waals surface area contributed by atoms with Crippen LogP contribution in [0, 0.1) is 5.92 Å². The maximum absolute atomic E-state index is 13.6. The minimum Gasteiger partial charge on any atom is -0.504 e. The number of hydrogen-bond acceptors (Lipinski definition) is 7.